The average Bonchev–Trinajstić information content (AvgIpc) is 3.17. The molecule has 2 aromatic rings. The predicted molar refractivity (Wildman–Crippen MR) is 107 cm³/mol. The number of hydrogen-bond donors (Lipinski definition) is 7. The van der Waals surface area contributed by atoms with Crippen LogP contribution in [0, 0.1) is 0 Å². The molecule has 6 atom stereocenters. The maximum Gasteiger partial charge on any atom is 0.490 e. The lowest BCUT2D eigenvalue weighted by Crippen LogP contribution is -2.53. The van der Waals surface area contributed by atoms with Gasteiger partial charge in [-0.3, -0.25) is 9.09 Å². The average molecular weight is 552 g/mol. The lowest BCUT2D eigenvalue weighted by Gasteiger charge is -2.31. The molecule has 0 saturated carbocycles. The Kier molecular flexibility index (Phi) is 7.16. The van der Waals surface area contributed by atoms with E-state index >= 15 is 0 Å². The van der Waals surface area contributed by atoms with E-state index in [2.05, 4.69) is 23.1 Å². The normalized spacial score (nSPS) is 31.4. The van der Waals surface area contributed by atoms with E-state index in [4.69, 9.17) is 20.3 Å². The molecule has 1 aliphatic rings. The number of alkyl halides is 1. The van der Waals surface area contributed by atoms with Crippen molar-refractivity contribution in [3.05, 3.63) is 18.6 Å². The van der Waals surface area contributed by atoms with Crippen molar-refractivity contribution >= 4 is 40.3 Å². The van der Waals surface area contributed by atoms with Gasteiger partial charge in [-0.15, -0.1) is 0 Å². The summed E-state index contributed by atoms with van der Waals surface area (Å²) >= 11 is 0. The fraction of sp³-hybridized carbons (Fsp3) is 0.538. The van der Waals surface area contributed by atoms with Gasteiger partial charge < -0.3 is 40.3 Å². The predicted octanol–water partition coefficient (Wildman–Crippen LogP) is -0.294. The van der Waals surface area contributed by atoms with Gasteiger partial charge in [-0.25, -0.2) is 28.1 Å². The van der Waals surface area contributed by atoms with Crippen molar-refractivity contribution < 1.29 is 65.8 Å². The number of ether oxygens (including phenoxy) is 1. The number of rotatable bonds is 9. The summed E-state index contributed by atoms with van der Waals surface area (Å²) in [6.45, 7) is -1.90. The standard InChI is InChI=1S/C13H20FN4O13P3/c1-12(20)10(19)13(4-14,5-28-33(24,25)31-34(26,27)30-32(21,22)23)29-11(12)18-6-17-8-7(15)2-3-16-9(8)18/h2-3,6,10-11,19-20H,4-5H2,1H3,(H2,15,16)(H,24,25)(H,26,27)(H2,21,22,23)/t10-,11+,12+,13+/m0/s1. The smallest absolute Gasteiger partial charge is 0.397 e. The van der Waals surface area contributed by atoms with Gasteiger partial charge in [-0.2, -0.15) is 8.62 Å². The molecule has 0 aromatic carbocycles. The summed E-state index contributed by atoms with van der Waals surface area (Å²) in [5.74, 6) is 0. The summed E-state index contributed by atoms with van der Waals surface area (Å²) in [5.41, 5.74) is 1.49. The molecule has 34 heavy (non-hydrogen) atoms. The largest absolute Gasteiger partial charge is 0.490 e. The fourth-order valence-electron chi connectivity index (χ4n) is 3.29. The van der Waals surface area contributed by atoms with E-state index in [0.717, 1.165) is 17.8 Å². The van der Waals surface area contributed by atoms with Crippen LogP contribution in [0.3, 0.4) is 0 Å². The van der Waals surface area contributed by atoms with Crippen molar-refractivity contribution in [2.45, 2.75) is 30.5 Å². The van der Waals surface area contributed by atoms with E-state index in [-0.39, 0.29) is 16.9 Å². The van der Waals surface area contributed by atoms with Crippen molar-refractivity contribution in [2.75, 3.05) is 19.0 Å². The summed E-state index contributed by atoms with van der Waals surface area (Å²) in [5, 5.41) is 21.5. The minimum Gasteiger partial charge on any atom is -0.397 e. The molecule has 1 aliphatic heterocycles. The van der Waals surface area contributed by atoms with Gasteiger partial charge in [0.1, 0.15) is 23.9 Å². The highest BCUT2D eigenvalue weighted by Gasteiger charge is 2.63. The van der Waals surface area contributed by atoms with Crippen LogP contribution in [-0.2, 0) is 31.6 Å². The van der Waals surface area contributed by atoms with Crippen LogP contribution in [0.2, 0.25) is 0 Å². The van der Waals surface area contributed by atoms with E-state index in [1.807, 2.05) is 0 Å². The van der Waals surface area contributed by atoms with Gasteiger partial charge in [0.2, 0.25) is 0 Å². The quantitative estimate of drug-likeness (QED) is 0.197. The first-order valence-electron chi connectivity index (χ1n) is 8.93. The second kappa shape index (κ2) is 8.94. The van der Waals surface area contributed by atoms with Crippen molar-refractivity contribution in [1.82, 2.24) is 14.5 Å². The Morgan fingerprint density at radius 2 is 1.85 bits per heavy atom. The number of phosphoric acid groups is 3. The number of nitrogens with zero attached hydrogens (tertiary/aromatic N) is 3. The van der Waals surface area contributed by atoms with Crippen LogP contribution >= 0.6 is 23.5 Å². The number of imidazole rings is 1. The second-order valence-electron chi connectivity index (χ2n) is 7.39. The number of pyridine rings is 1. The maximum atomic E-state index is 14.1. The zero-order valence-corrected chi connectivity index (χ0v) is 19.7. The van der Waals surface area contributed by atoms with Crippen LogP contribution in [-0.4, -0.2) is 74.9 Å². The number of aromatic nitrogens is 3. The second-order valence-corrected chi connectivity index (χ2v) is 11.8. The summed E-state index contributed by atoms with van der Waals surface area (Å²) in [4.78, 5) is 44.0. The highest BCUT2D eigenvalue weighted by Crippen LogP contribution is 2.66. The van der Waals surface area contributed by atoms with E-state index in [9.17, 15) is 38.1 Å². The van der Waals surface area contributed by atoms with E-state index in [0.29, 0.717) is 0 Å². The molecule has 192 valence electrons. The zero-order chi connectivity index (χ0) is 25.7. The van der Waals surface area contributed by atoms with Gasteiger partial charge in [-0.05, 0) is 13.0 Å². The Bertz CT molecular complexity index is 1220. The number of aliphatic hydroxyl groups is 2. The van der Waals surface area contributed by atoms with E-state index in [1.54, 1.807) is 0 Å². The molecule has 1 saturated heterocycles. The minimum absolute atomic E-state index is 0.0834. The first-order chi connectivity index (χ1) is 15.4. The Morgan fingerprint density at radius 1 is 1.21 bits per heavy atom. The summed E-state index contributed by atoms with van der Waals surface area (Å²) in [6.07, 6.45) is -1.26. The zero-order valence-electron chi connectivity index (χ0n) is 17.0. The molecule has 8 N–H and O–H groups in total. The van der Waals surface area contributed by atoms with Crippen molar-refractivity contribution in [1.29, 1.82) is 0 Å². The lowest BCUT2D eigenvalue weighted by atomic mass is 9.88. The Morgan fingerprint density at radius 3 is 2.44 bits per heavy atom. The first kappa shape index (κ1) is 27.2. The molecule has 2 aromatic heterocycles. The number of phosphoric ester groups is 1. The van der Waals surface area contributed by atoms with Crippen LogP contribution in [0.15, 0.2) is 18.6 Å². The Hall–Kier alpha value is -1.36. The van der Waals surface area contributed by atoms with Crippen molar-refractivity contribution in [2.24, 2.45) is 0 Å². The van der Waals surface area contributed by atoms with Gasteiger partial charge >= 0.3 is 23.5 Å². The molecule has 0 amide bonds. The van der Waals surface area contributed by atoms with Crippen LogP contribution in [0.5, 0.6) is 0 Å². The van der Waals surface area contributed by atoms with E-state index in [1.165, 1.54) is 12.3 Å². The molecule has 2 unspecified atom stereocenters. The molecule has 3 heterocycles. The van der Waals surface area contributed by atoms with Crippen molar-refractivity contribution in [3.63, 3.8) is 0 Å². The molecular weight excluding hydrogens is 532 g/mol. The van der Waals surface area contributed by atoms with E-state index < -0.39 is 60.3 Å². The number of anilines is 1. The summed E-state index contributed by atoms with van der Waals surface area (Å²) in [7, 11) is -17.1. The number of nitrogens with two attached hydrogens (primary N) is 1. The lowest BCUT2D eigenvalue weighted by molar-refractivity contribution is -0.135. The molecule has 17 nitrogen and oxygen atoms in total. The van der Waals surface area contributed by atoms with Crippen LogP contribution in [0.1, 0.15) is 13.2 Å². The number of aliphatic hydroxyl groups excluding tert-OH is 1. The Balaban J connectivity index is 1.86. The first-order valence-corrected chi connectivity index (χ1v) is 13.4. The maximum absolute atomic E-state index is 14.1. The molecule has 0 aliphatic carbocycles. The monoisotopic (exact) mass is 552 g/mol. The highest BCUT2D eigenvalue weighted by molar-refractivity contribution is 7.66. The molecule has 0 spiro atoms. The van der Waals surface area contributed by atoms with Crippen LogP contribution in [0.4, 0.5) is 10.1 Å². The topological polar surface area (TPSA) is 266 Å². The molecule has 0 bridgehead atoms. The molecule has 21 heteroatoms. The highest BCUT2D eigenvalue weighted by atomic mass is 31.3. The van der Waals surface area contributed by atoms with Crippen LogP contribution < -0.4 is 5.73 Å². The molecule has 0 radical (unpaired) electrons. The summed E-state index contributed by atoms with van der Waals surface area (Å²) < 4.78 is 66.4. The summed E-state index contributed by atoms with van der Waals surface area (Å²) in [6, 6.07) is 1.44. The van der Waals surface area contributed by atoms with Crippen LogP contribution in [0.25, 0.3) is 11.2 Å². The number of fused-ring (bicyclic) bond motifs is 1. The molecule has 1 fully saturated rings. The molecular formula is C13H20FN4O13P3. The van der Waals surface area contributed by atoms with Gasteiger partial charge in [-0.1, -0.05) is 0 Å². The van der Waals surface area contributed by atoms with Gasteiger partial charge in [0.25, 0.3) is 0 Å². The Labute approximate surface area is 189 Å². The number of halogens is 1. The minimum atomic E-state index is -5.83. The SMILES string of the molecule is C[C@@]1(O)[C@H](O)[C@@](CF)(COP(=O)(O)OP(=O)(O)OP(=O)(O)O)O[C@H]1n1cnc2c(N)ccnc21. The number of hydrogen-bond acceptors (Lipinski definition) is 12. The third-order valence-corrected chi connectivity index (χ3v) is 8.54. The third-order valence-electron chi connectivity index (χ3n) is 4.76. The van der Waals surface area contributed by atoms with Gasteiger partial charge in [0, 0.05) is 6.20 Å². The van der Waals surface area contributed by atoms with Gasteiger partial charge in [0.05, 0.1) is 18.6 Å². The third kappa shape index (κ3) is 5.39. The fourth-order valence-corrected chi connectivity index (χ4v) is 6.36. The molecule has 3 rings (SSSR count). The van der Waals surface area contributed by atoms with Gasteiger partial charge in [0.15, 0.2) is 17.5 Å². The van der Waals surface area contributed by atoms with Crippen molar-refractivity contribution in [3.8, 4) is 0 Å². The number of nitrogen functional groups attached to an aromatic ring is 1.